The van der Waals surface area contributed by atoms with Crippen LogP contribution in [-0.4, -0.2) is 17.6 Å². The van der Waals surface area contributed by atoms with Crippen molar-refractivity contribution in [3.05, 3.63) is 36.0 Å². The zero-order valence-corrected chi connectivity index (χ0v) is 10.4. The number of benzene rings is 1. The summed E-state index contributed by atoms with van der Waals surface area (Å²) in [5.74, 6) is -0.326. The van der Waals surface area contributed by atoms with E-state index in [0.29, 0.717) is 0 Å². The quantitative estimate of drug-likeness (QED) is 0.761. The normalized spacial score (nSPS) is 12.6. The van der Waals surface area contributed by atoms with Gasteiger partial charge in [0.1, 0.15) is 0 Å². The van der Waals surface area contributed by atoms with E-state index in [0.717, 1.165) is 17.4 Å². The molecule has 1 unspecified atom stereocenters. The number of aromatic nitrogens is 1. The lowest BCUT2D eigenvalue weighted by molar-refractivity contribution is -0.142. The fraction of sp³-hybridized carbons (Fsp3) is 0.357. The van der Waals surface area contributed by atoms with Gasteiger partial charge in [0, 0.05) is 18.8 Å². The van der Waals surface area contributed by atoms with Crippen molar-refractivity contribution < 1.29 is 9.53 Å². The van der Waals surface area contributed by atoms with E-state index in [2.05, 4.69) is 22.8 Å². The van der Waals surface area contributed by atoms with Crippen molar-refractivity contribution in [2.45, 2.75) is 19.3 Å². The molecule has 3 nitrogen and oxygen atoms in total. The predicted octanol–water partition coefficient (Wildman–Crippen LogP) is 2.84. The molecule has 0 aliphatic heterocycles. The molecule has 1 aromatic heterocycles. The number of rotatable bonds is 3. The summed E-state index contributed by atoms with van der Waals surface area (Å²) in [6, 6.07) is 8.19. The molecule has 17 heavy (non-hydrogen) atoms. The van der Waals surface area contributed by atoms with Gasteiger partial charge in [-0.25, -0.2) is 0 Å². The maximum atomic E-state index is 11.7. The molecule has 0 bridgehead atoms. The van der Waals surface area contributed by atoms with Crippen LogP contribution in [0.4, 0.5) is 0 Å². The van der Waals surface area contributed by atoms with Crippen LogP contribution in [0.1, 0.15) is 24.8 Å². The Labute approximate surface area is 101 Å². The van der Waals surface area contributed by atoms with E-state index < -0.39 is 0 Å². The van der Waals surface area contributed by atoms with Gasteiger partial charge in [-0.05, 0) is 35.6 Å². The van der Waals surface area contributed by atoms with Crippen LogP contribution in [0.25, 0.3) is 10.9 Å². The number of aryl methyl sites for hydroxylation is 1. The molecule has 0 N–H and O–H groups in total. The molecule has 0 saturated heterocycles. The molecule has 0 aliphatic rings. The Morgan fingerprint density at radius 2 is 2.18 bits per heavy atom. The summed E-state index contributed by atoms with van der Waals surface area (Å²) < 4.78 is 6.90. The summed E-state index contributed by atoms with van der Waals surface area (Å²) in [5, 5.41) is 1.16. The largest absolute Gasteiger partial charge is 0.469 e. The molecule has 2 rings (SSSR count). The Kier molecular flexibility index (Phi) is 3.18. The van der Waals surface area contributed by atoms with Gasteiger partial charge in [0.05, 0.1) is 13.0 Å². The van der Waals surface area contributed by atoms with E-state index in [1.807, 2.05) is 26.2 Å². The molecule has 0 spiro atoms. The molecule has 0 fully saturated rings. The van der Waals surface area contributed by atoms with E-state index in [1.54, 1.807) is 0 Å². The Morgan fingerprint density at radius 3 is 2.82 bits per heavy atom. The lowest BCUT2D eigenvalue weighted by Crippen LogP contribution is -2.13. The maximum absolute atomic E-state index is 11.7. The second-order valence-corrected chi connectivity index (χ2v) is 4.23. The molecular weight excluding hydrogens is 214 g/mol. The van der Waals surface area contributed by atoms with Crippen LogP contribution in [0.5, 0.6) is 0 Å². The second-order valence-electron chi connectivity index (χ2n) is 4.23. The highest BCUT2D eigenvalue weighted by Gasteiger charge is 2.19. The summed E-state index contributed by atoms with van der Waals surface area (Å²) in [6.07, 6.45) is 2.78. The Balaban J connectivity index is 2.44. The van der Waals surface area contributed by atoms with Gasteiger partial charge in [-0.15, -0.1) is 0 Å². The van der Waals surface area contributed by atoms with Crippen molar-refractivity contribution in [3.8, 4) is 0 Å². The lowest BCUT2D eigenvalue weighted by atomic mass is 9.95. The van der Waals surface area contributed by atoms with Crippen molar-refractivity contribution in [2.75, 3.05) is 7.11 Å². The minimum atomic E-state index is -0.164. The molecule has 0 radical (unpaired) electrons. The topological polar surface area (TPSA) is 31.2 Å². The fourth-order valence-corrected chi connectivity index (χ4v) is 2.20. The number of esters is 1. The number of carbonyl (C=O) groups excluding carboxylic acids is 1. The number of nitrogens with zero attached hydrogens (tertiary/aromatic N) is 1. The lowest BCUT2D eigenvalue weighted by Gasteiger charge is -2.12. The first-order valence-corrected chi connectivity index (χ1v) is 5.80. The minimum Gasteiger partial charge on any atom is -0.469 e. The predicted molar refractivity (Wildman–Crippen MR) is 68.0 cm³/mol. The Hall–Kier alpha value is -1.77. The van der Waals surface area contributed by atoms with E-state index >= 15 is 0 Å². The number of hydrogen-bond acceptors (Lipinski definition) is 2. The number of ether oxygens (including phenoxy) is 1. The highest BCUT2D eigenvalue weighted by molar-refractivity contribution is 5.84. The zero-order valence-electron chi connectivity index (χ0n) is 10.4. The summed E-state index contributed by atoms with van der Waals surface area (Å²) in [5.41, 5.74) is 2.20. The first-order chi connectivity index (χ1) is 8.17. The molecule has 1 heterocycles. The average Bonchev–Trinajstić information content (AvgIpc) is 2.71. The van der Waals surface area contributed by atoms with Crippen LogP contribution < -0.4 is 0 Å². The van der Waals surface area contributed by atoms with Crippen LogP contribution in [0.2, 0.25) is 0 Å². The van der Waals surface area contributed by atoms with Gasteiger partial charge in [-0.2, -0.15) is 0 Å². The first-order valence-electron chi connectivity index (χ1n) is 5.80. The summed E-state index contributed by atoms with van der Waals surface area (Å²) >= 11 is 0. The van der Waals surface area contributed by atoms with Gasteiger partial charge in [-0.3, -0.25) is 4.79 Å². The van der Waals surface area contributed by atoms with Gasteiger partial charge >= 0.3 is 5.97 Å². The third kappa shape index (κ3) is 2.05. The molecule has 0 amide bonds. The van der Waals surface area contributed by atoms with Crippen LogP contribution in [0, 0.1) is 0 Å². The van der Waals surface area contributed by atoms with E-state index in [9.17, 15) is 4.79 Å². The molecule has 0 saturated carbocycles. The third-order valence-electron chi connectivity index (χ3n) is 3.21. The van der Waals surface area contributed by atoms with Gasteiger partial charge in [-0.1, -0.05) is 13.0 Å². The standard InChI is InChI=1S/C14H17NO2/c1-4-12(14(16)17-3)10-5-6-13-11(9-10)7-8-15(13)2/h5-9,12H,4H2,1-3H3. The van der Waals surface area contributed by atoms with Gasteiger partial charge < -0.3 is 9.30 Å². The Morgan fingerprint density at radius 1 is 1.41 bits per heavy atom. The molecule has 3 heteroatoms. The van der Waals surface area contributed by atoms with Crippen molar-refractivity contribution in [3.63, 3.8) is 0 Å². The average molecular weight is 231 g/mol. The SMILES string of the molecule is CCC(C(=O)OC)c1ccc2c(ccn2C)c1. The summed E-state index contributed by atoms with van der Waals surface area (Å²) in [6.45, 7) is 2.00. The monoisotopic (exact) mass is 231 g/mol. The smallest absolute Gasteiger partial charge is 0.313 e. The maximum Gasteiger partial charge on any atom is 0.313 e. The summed E-state index contributed by atoms with van der Waals surface area (Å²) in [7, 11) is 3.45. The number of carbonyl (C=O) groups is 1. The number of fused-ring (bicyclic) bond motifs is 1. The molecule has 1 atom stereocenters. The van der Waals surface area contributed by atoms with Gasteiger partial charge in [0.2, 0.25) is 0 Å². The van der Waals surface area contributed by atoms with Crippen LogP contribution in [0.15, 0.2) is 30.5 Å². The number of methoxy groups -OCH3 is 1. The van der Waals surface area contributed by atoms with Crippen LogP contribution in [0.3, 0.4) is 0 Å². The Bertz CT molecular complexity index is 542. The zero-order chi connectivity index (χ0) is 12.4. The van der Waals surface area contributed by atoms with Crippen molar-refractivity contribution in [1.29, 1.82) is 0 Å². The van der Waals surface area contributed by atoms with Crippen LogP contribution in [-0.2, 0) is 16.6 Å². The van der Waals surface area contributed by atoms with E-state index in [4.69, 9.17) is 4.74 Å². The minimum absolute atomic E-state index is 0.162. The molecule has 2 aromatic rings. The van der Waals surface area contributed by atoms with E-state index in [1.165, 1.54) is 12.6 Å². The van der Waals surface area contributed by atoms with Crippen molar-refractivity contribution in [2.24, 2.45) is 7.05 Å². The molecular formula is C14H17NO2. The molecule has 1 aromatic carbocycles. The summed E-state index contributed by atoms with van der Waals surface area (Å²) in [4.78, 5) is 11.7. The third-order valence-corrected chi connectivity index (χ3v) is 3.21. The van der Waals surface area contributed by atoms with Crippen LogP contribution >= 0.6 is 0 Å². The highest BCUT2D eigenvalue weighted by Crippen LogP contribution is 2.25. The molecule has 0 aliphatic carbocycles. The van der Waals surface area contributed by atoms with E-state index in [-0.39, 0.29) is 11.9 Å². The second kappa shape index (κ2) is 4.62. The first kappa shape index (κ1) is 11.7. The van der Waals surface area contributed by atoms with Crippen molar-refractivity contribution in [1.82, 2.24) is 4.57 Å². The number of hydrogen-bond donors (Lipinski definition) is 0. The van der Waals surface area contributed by atoms with Gasteiger partial charge in [0.15, 0.2) is 0 Å². The molecule has 90 valence electrons. The van der Waals surface area contributed by atoms with Gasteiger partial charge in [0.25, 0.3) is 0 Å². The highest BCUT2D eigenvalue weighted by atomic mass is 16.5. The fourth-order valence-electron chi connectivity index (χ4n) is 2.20. The van der Waals surface area contributed by atoms with Crippen molar-refractivity contribution >= 4 is 16.9 Å².